The van der Waals surface area contributed by atoms with Crippen molar-refractivity contribution >= 4 is 11.6 Å². The van der Waals surface area contributed by atoms with Crippen molar-refractivity contribution in [1.82, 2.24) is 0 Å². The molecule has 4 heteroatoms. The van der Waals surface area contributed by atoms with Crippen molar-refractivity contribution in [1.29, 1.82) is 0 Å². The number of nitrogens with two attached hydrogens (primary N) is 1. The van der Waals surface area contributed by atoms with Crippen LogP contribution in [0.15, 0.2) is 18.2 Å². The van der Waals surface area contributed by atoms with Crippen molar-refractivity contribution in [2.45, 2.75) is 26.7 Å². The van der Waals surface area contributed by atoms with Crippen molar-refractivity contribution < 1.29 is 9.90 Å². The van der Waals surface area contributed by atoms with E-state index in [4.69, 9.17) is 5.73 Å². The molecule has 0 radical (unpaired) electrons. The third-order valence-corrected chi connectivity index (χ3v) is 2.77. The lowest BCUT2D eigenvalue weighted by molar-refractivity contribution is -0.119. The molecule has 0 bridgehead atoms. The third-order valence-electron chi connectivity index (χ3n) is 2.77. The molecule has 4 nitrogen and oxygen atoms in total. The fourth-order valence-electron chi connectivity index (χ4n) is 1.51. The van der Waals surface area contributed by atoms with Crippen LogP contribution in [0.2, 0.25) is 0 Å². The van der Waals surface area contributed by atoms with Gasteiger partial charge in [-0.15, -0.1) is 0 Å². The van der Waals surface area contributed by atoms with Crippen molar-refractivity contribution in [3.63, 3.8) is 0 Å². The van der Waals surface area contributed by atoms with Crippen LogP contribution in [0.3, 0.4) is 0 Å². The van der Waals surface area contributed by atoms with Gasteiger partial charge in [0.05, 0.1) is 0 Å². The number of amides is 1. The van der Waals surface area contributed by atoms with Gasteiger partial charge in [-0.1, -0.05) is 13.0 Å². The number of hydrogen-bond acceptors (Lipinski definition) is 3. The van der Waals surface area contributed by atoms with Crippen LogP contribution in [0.1, 0.15) is 25.3 Å². The van der Waals surface area contributed by atoms with Crippen molar-refractivity contribution in [2.75, 3.05) is 11.9 Å². The van der Waals surface area contributed by atoms with Crippen LogP contribution in [-0.2, 0) is 4.79 Å². The number of anilines is 1. The Bertz CT molecular complexity index is 391. The standard InChI is InChI=1S/C13H20N2O2/c1-9-5-6-11(8-12(9)16)15-13(17)10(2)4-3-7-14/h5-6,8,10,16H,3-4,7,14H2,1-2H3,(H,15,17). The molecule has 0 aromatic heterocycles. The minimum atomic E-state index is -0.0676. The number of nitrogens with one attached hydrogen (secondary N) is 1. The number of carbonyl (C=O) groups excluding carboxylic acids is 1. The number of benzene rings is 1. The Balaban J connectivity index is 2.58. The first-order valence-corrected chi connectivity index (χ1v) is 5.85. The molecule has 1 atom stereocenters. The van der Waals surface area contributed by atoms with E-state index in [0.29, 0.717) is 12.2 Å². The first-order valence-electron chi connectivity index (χ1n) is 5.85. The van der Waals surface area contributed by atoms with Gasteiger partial charge in [-0.3, -0.25) is 4.79 Å². The van der Waals surface area contributed by atoms with Gasteiger partial charge in [0.1, 0.15) is 5.75 Å². The highest BCUT2D eigenvalue weighted by atomic mass is 16.3. The molecule has 0 heterocycles. The second kappa shape index (κ2) is 6.25. The molecule has 0 fully saturated rings. The van der Waals surface area contributed by atoms with Gasteiger partial charge in [0.25, 0.3) is 0 Å². The quantitative estimate of drug-likeness (QED) is 0.732. The van der Waals surface area contributed by atoms with Crippen LogP contribution in [0, 0.1) is 12.8 Å². The summed E-state index contributed by atoms with van der Waals surface area (Å²) >= 11 is 0. The fourth-order valence-corrected chi connectivity index (χ4v) is 1.51. The minimum absolute atomic E-state index is 0.0401. The molecule has 1 aromatic rings. The number of carbonyl (C=O) groups is 1. The second-order valence-electron chi connectivity index (χ2n) is 4.32. The average molecular weight is 236 g/mol. The molecular formula is C13H20N2O2. The number of aryl methyl sites for hydroxylation is 1. The molecule has 1 rings (SSSR count). The van der Waals surface area contributed by atoms with Crippen LogP contribution < -0.4 is 11.1 Å². The van der Waals surface area contributed by atoms with E-state index in [1.165, 1.54) is 0 Å². The van der Waals surface area contributed by atoms with E-state index in [1.54, 1.807) is 18.2 Å². The van der Waals surface area contributed by atoms with Crippen LogP contribution in [0.5, 0.6) is 5.75 Å². The van der Waals surface area contributed by atoms with E-state index >= 15 is 0 Å². The highest BCUT2D eigenvalue weighted by Gasteiger charge is 2.12. The molecule has 0 saturated heterocycles. The molecule has 0 spiro atoms. The van der Waals surface area contributed by atoms with E-state index in [2.05, 4.69) is 5.32 Å². The summed E-state index contributed by atoms with van der Waals surface area (Å²) in [6, 6.07) is 5.11. The Labute approximate surface area is 102 Å². The summed E-state index contributed by atoms with van der Waals surface area (Å²) in [6.45, 7) is 4.28. The molecule has 4 N–H and O–H groups in total. The van der Waals surface area contributed by atoms with E-state index in [9.17, 15) is 9.90 Å². The molecule has 17 heavy (non-hydrogen) atoms. The largest absolute Gasteiger partial charge is 0.508 e. The topological polar surface area (TPSA) is 75.4 Å². The summed E-state index contributed by atoms with van der Waals surface area (Å²) in [4.78, 5) is 11.8. The Morgan fingerprint density at radius 3 is 2.82 bits per heavy atom. The van der Waals surface area contributed by atoms with Crippen molar-refractivity contribution in [3.05, 3.63) is 23.8 Å². The molecule has 0 aliphatic rings. The van der Waals surface area contributed by atoms with Gasteiger partial charge in [0.15, 0.2) is 0 Å². The van der Waals surface area contributed by atoms with Gasteiger partial charge < -0.3 is 16.2 Å². The van der Waals surface area contributed by atoms with Crippen LogP contribution in [0.25, 0.3) is 0 Å². The lowest BCUT2D eigenvalue weighted by atomic mass is 10.0. The van der Waals surface area contributed by atoms with Crippen molar-refractivity contribution in [3.8, 4) is 5.75 Å². The Hall–Kier alpha value is -1.55. The Morgan fingerprint density at radius 2 is 2.24 bits per heavy atom. The van der Waals surface area contributed by atoms with Crippen molar-refractivity contribution in [2.24, 2.45) is 11.7 Å². The zero-order chi connectivity index (χ0) is 12.8. The number of rotatable bonds is 5. The summed E-state index contributed by atoms with van der Waals surface area (Å²) in [5, 5.41) is 12.3. The predicted molar refractivity (Wildman–Crippen MR) is 68.9 cm³/mol. The van der Waals surface area contributed by atoms with E-state index < -0.39 is 0 Å². The number of aromatic hydroxyl groups is 1. The van der Waals surface area contributed by atoms with Gasteiger partial charge in [0, 0.05) is 17.7 Å². The minimum Gasteiger partial charge on any atom is -0.508 e. The monoisotopic (exact) mass is 236 g/mol. The maximum atomic E-state index is 11.8. The maximum Gasteiger partial charge on any atom is 0.227 e. The lowest BCUT2D eigenvalue weighted by Gasteiger charge is -2.12. The summed E-state index contributed by atoms with van der Waals surface area (Å²) in [7, 11) is 0. The molecule has 1 aromatic carbocycles. The molecule has 94 valence electrons. The van der Waals surface area contributed by atoms with Gasteiger partial charge >= 0.3 is 0 Å². The zero-order valence-corrected chi connectivity index (χ0v) is 10.4. The van der Waals surface area contributed by atoms with Gasteiger partial charge in [0.2, 0.25) is 5.91 Å². The predicted octanol–water partition coefficient (Wildman–Crippen LogP) is 2.01. The Kier molecular flexibility index (Phi) is 4.97. The number of phenols is 1. The van der Waals surface area contributed by atoms with Gasteiger partial charge in [-0.2, -0.15) is 0 Å². The Morgan fingerprint density at radius 1 is 1.53 bits per heavy atom. The summed E-state index contributed by atoms with van der Waals surface area (Å²) in [5.74, 6) is 0.0844. The molecule has 0 aliphatic carbocycles. The highest BCUT2D eigenvalue weighted by Crippen LogP contribution is 2.21. The van der Waals surface area contributed by atoms with Gasteiger partial charge in [-0.05, 0) is 37.9 Å². The smallest absolute Gasteiger partial charge is 0.227 e. The molecule has 0 saturated carbocycles. The number of hydrogen-bond donors (Lipinski definition) is 3. The normalized spacial score (nSPS) is 12.2. The summed E-state index contributed by atoms with van der Waals surface area (Å²) in [6.07, 6.45) is 1.62. The van der Waals surface area contributed by atoms with E-state index in [0.717, 1.165) is 18.4 Å². The molecule has 1 unspecified atom stereocenters. The molecule has 1 amide bonds. The average Bonchev–Trinajstić information content (AvgIpc) is 2.30. The van der Waals surface area contributed by atoms with Crippen LogP contribution in [-0.4, -0.2) is 17.6 Å². The molecular weight excluding hydrogens is 216 g/mol. The fraction of sp³-hybridized carbons (Fsp3) is 0.462. The maximum absolute atomic E-state index is 11.8. The summed E-state index contributed by atoms with van der Waals surface area (Å²) in [5.41, 5.74) is 6.82. The number of phenolic OH excluding ortho intramolecular Hbond substituents is 1. The SMILES string of the molecule is Cc1ccc(NC(=O)C(C)CCCN)cc1O. The van der Waals surface area contributed by atoms with Gasteiger partial charge in [-0.25, -0.2) is 0 Å². The summed E-state index contributed by atoms with van der Waals surface area (Å²) < 4.78 is 0. The molecule has 0 aliphatic heterocycles. The van der Waals surface area contributed by atoms with Crippen LogP contribution in [0.4, 0.5) is 5.69 Å². The zero-order valence-electron chi connectivity index (χ0n) is 10.4. The van der Waals surface area contributed by atoms with E-state index in [1.807, 2.05) is 13.8 Å². The lowest BCUT2D eigenvalue weighted by Crippen LogP contribution is -2.21. The second-order valence-corrected chi connectivity index (χ2v) is 4.32. The highest BCUT2D eigenvalue weighted by molar-refractivity contribution is 5.92. The first kappa shape index (κ1) is 13.5. The van der Waals surface area contributed by atoms with E-state index in [-0.39, 0.29) is 17.6 Å². The third kappa shape index (κ3) is 4.07. The van der Waals surface area contributed by atoms with Crippen LogP contribution >= 0.6 is 0 Å². The first-order chi connectivity index (χ1) is 8.04.